The zero-order valence-corrected chi connectivity index (χ0v) is 9.61. The van der Waals surface area contributed by atoms with Gasteiger partial charge in [0, 0.05) is 0 Å². The molecule has 0 aliphatic carbocycles. The topological polar surface area (TPSA) is 9.23 Å². The van der Waals surface area contributed by atoms with E-state index < -0.39 is 0 Å². The summed E-state index contributed by atoms with van der Waals surface area (Å²) >= 11 is 0. The van der Waals surface area contributed by atoms with Gasteiger partial charge < -0.3 is 4.74 Å². The summed E-state index contributed by atoms with van der Waals surface area (Å²) in [5.74, 6) is -0.103. The van der Waals surface area contributed by atoms with Crippen LogP contribution in [0.2, 0.25) is 0 Å². The van der Waals surface area contributed by atoms with E-state index in [0.29, 0.717) is 0 Å². The number of ether oxygens (including phenoxy) is 1. The van der Waals surface area contributed by atoms with E-state index in [0.717, 1.165) is 16.7 Å². The summed E-state index contributed by atoms with van der Waals surface area (Å²) < 4.78 is 18.5. The maximum atomic E-state index is 13.6. The normalized spacial score (nSPS) is 10.0. The molecule has 0 aliphatic rings. The van der Waals surface area contributed by atoms with Gasteiger partial charge in [0.25, 0.3) is 0 Å². The summed E-state index contributed by atoms with van der Waals surface area (Å²) in [7, 11) is 1.45. The second kappa shape index (κ2) is 4.83. The van der Waals surface area contributed by atoms with Crippen LogP contribution in [0.3, 0.4) is 0 Å². The van der Waals surface area contributed by atoms with Crippen molar-refractivity contribution >= 4 is 6.08 Å². The van der Waals surface area contributed by atoms with Crippen LogP contribution in [0, 0.1) is 5.82 Å². The molecule has 0 fully saturated rings. The summed E-state index contributed by atoms with van der Waals surface area (Å²) in [6.45, 7) is 3.75. The van der Waals surface area contributed by atoms with Crippen molar-refractivity contribution in [3.05, 3.63) is 60.4 Å². The average molecular weight is 228 g/mol. The highest BCUT2D eigenvalue weighted by Gasteiger charge is 2.06. The lowest BCUT2D eigenvalue weighted by molar-refractivity contribution is 0.386. The Morgan fingerprint density at radius 1 is 1.18 bits per heavy atom. The molecule has 0 atom stereocenters. The lowest BCUT2D eigenvalue weighted by atomic mass is 9.99. The van der Waals surface area contributed by atoms with Crippen LogP contribution in [-0.4, -0.2) is 7.11 Å². The van der Waals surface area contributed by atoms with E-state index in [1.807, 2.05) is 30.3 Å². The van der Waals surface area contributed by atoms with Gasteiger partial charge in [0.05, 0.1) is 7.11 Å². The molecule has 0 spiro atoms. The maximum Gasteiger partial charge on any atom is 0.165 e. The molecule has 0 saturated carbocycles. The number of methoxy groups -OCH3 is 1. The average Bonchev–Trinajstić information content (AvgIpc) is 2.38. The Kier molecular flexibility index (Phi) is 3.24. The number of hydrogen-bond donors (Lipinski definition) is 0. The molecule has 0 bridgehead atoms. The lowest BCUT2D eigenvalue weighted by Gasteiger charge is -2.08. The lowest BCUT2D eigenvalue weighted by Crippen LogP contribution is -1.89. The third-order valence-corrected chi connectivity index (χ3v) is 2.64. The molecule has 0 saturated heterocycles. The van der Waals surface area contributed by atoms with Crippen molar-refractivity contribution < 1.29 is 9.13 Å². The third kappa shape index (κ3) is 2.21. The minimum atomic E-state index is -0.358. The van der Waals surface area contributed by atoms with Gasteiger partial charge in [-0.25, -0.2) is 4.39 Å². The quantitative estimate of drug-likeness (QED) is 0.767. The van der Waals surface area contributed by atoms with E-state index in [-0.39, 0.29) is 11.6 Å². The van der Waals surface area contributed by atoms with Gasteiger partial charge >= 0.3 is 0 Å². The van der Waals surface area contributed by atoms with Crippen LogP contribution in [0.5, 0.6) is 5.75 Å². The number of halogens is 1. The Hall–Kier alpha value is -2.09. The zero-order chi connectivity index (χ0) is 12.3. The Labute approximate surface area is 100 Å². The van der Waals surface area contributed by atoms with Crippen molar-refractivity contribution in [3.63, 3.8) is 0 Å². The molecule has 0 N–H and O–H groups in total. The molecule has 2 aromatic carbocycles. The number of benzene rings is 2. The molecule has 2 rings (SSSR count). The monoisotopic (exact) mass is 228 g/mol. The molecule has 1 nitrogen and oxygen atoms in total. The van der Waals surface area contributed by atoms with Crippen molar-refractivity contribution in [2.75, 3.05) is 7.11 Å². The molecule has 0 amide bonds. The molecule has 86 valence electrons. The Bertz CT molecular complexity index is 546. The molecule has 2 heteroatoms. The van der Waals surface area contributed by atoms with Crippen molar-refractivity contribution in [1.29, 1.82) is 0 Å². The SMILES string of the molecule is C=Cc1ccccc1-c1ccc(OC)c(F)c1. The largest absolute Gasteiger partial charge is 0.494 e. The van der Waals surface area contributed by atoms with Crippen LogP contribution in [0.25, 0.3) is 17.2 Å². The summed E-state index contributed by atoms with van der Waals surface area (Å²) in [5, 5.41) is 0. The zero-order valence-electron chi connectivity index (χ0n) is 9.61. The van der Waals surface area contributed by atoms with Gasteiger partial charge in [-0.3, -0.25) is 0 Å². The van der Waals surface area contributed by atoms with Gasteiger partial charge in [-0.05, 0) is 28.8 Å². The van der Waals surface area contributed by atoms with Crippen LogP contribution in [0.1, 0.15) is 5.56 Å². The van der Waals surface area contributed by atoms with Gasteiger partial charge in [0.1, 0.15) is 0 Å². The molecule has 0 aromatic heterocycles. The molecule has 0 heterocycles. The van der Waals surface area contributed by atoms with E-state index in [1.54, 1.807) is 12.1 Å². The Morgan fingerprint density at radius 3 is 2.59 bits per heavy atom. The van der Waals surface area contributed by atoms with E-state index in [1.165, 1.54) is 13.2 Å². The molecule has 0 radical (unpaired) electrons. The Balaban J connectivity index is 2.53. The van der Waals surface area contributed by atoms with Crippen LogP contribution < -0.4 is 4.74 Å². The van der Waals surface area contributed by atoms with Crippen LogP contribution in [0.4, 0.5) is 4.39 Å². The van der Waals surface area contributed by atoms with Gasteiger partial charge in [0.15, 0.2) is 11.6 Å². The highest BCUT2D eigenvalue weighted by atomic mass is 19.1. The van der Waals surface area contributed by atoms with Crippen molar-refractivity contribution in [1.82, 2.24) is 0 Å². The highest BCUT2D eigenvalue weighted by molar-refractivity contribution is 5.75. The highest BCUT2D eigenvalue weighted by Crippen LogP contribution is 2.28. The predicted molar refractivity (Wildman–Crippen MR) is 68.5 cm³/mol. The first-order valence-corrected chi connectivity index (χ1v) is 5.31. The van der Waals surface area contributed by atoms with Crippen molar-refractivity contribution in [2.45, 2.75) is 0 Å². The second-order valence-corrected chi connectivity index (χ2v) is 3.64. The first-order valence-electron chi connectivity index (χ1n) is 5.31. The third-order valence-electron chi connectivity index (χ3n) is 2.64. The van der Waals surface area contributed by atoms with Gasteiger partial charge in [0.2, 0.25) is 0 Å². The predicted octanol–water partition coefficient (Wildman–Crippen LogP) is 4.14. The number of hydrogen-bond acceptors (Lipinski definition) is 1. The summed E-state index contributed by atoms with van der Waals surface area (Å²) in [5.41, 5.74) is 2.76. The molecular weight excluding hydrogens is 215 g/mol. The minimum absolute atomic E-state index is 0.254. The molecular formula is C15H13FO. The summed E-state index contributed by atoms with van der Waals surface area (Å²) in [6.07, 6.45) is 1.76. The second-order valence-electron chi connectivity index (χ2n) is 3.64. The molecule has 0 unspecified atom stereocenters. The van der Waals surface area contributed by atoms with Crippen molar-refractivity contribution in [3.8, 4) is 16.9 Å². The first-order chi connectivity index (χ1) is 8.26. The number of rotatable bonds is 3. The van der Waals surface area contributed by atoms with E-state index >= 15 is 0 Å². The molecule has 0 aliphatic heterocycles. The minimum Gasteiger partial charge on any atom is -0.494 e. The fourth-order valence-corrected chi connectivity index (χ4v) is 1.77. The first kappa shape index (κ1) is 11.4. The van der Waals surface area contributed by atoms with Crippen LogP contribution in [0.15, 0.2) is 49.0 Å². The van der Waals surface area contributed by atoms with Crippen molar-refractivity contribution in [2.24, 2.45) is 0 Å². The molecule has 17 heavy (non-hydrogen) atoms. The summed E-state index contributed by atoms with van der Waals surface area (Å²) in [6, 6.07) is 12.7. The Morgan fingerprint density at radius 2 is 1.94 bits per heavy atom. The van der Waals surface area contributed by atoms with Gasteiger partial charge in [-0.15, -0.1) is 0 Å². The van der Waals surface area contributed by atoms with Crippen LogP contribution >= 0.6 is 0 Å². The van der Waals surface area contributed by atoms with E-state index in [9.17, 15) is 4.39 Å². The maximum absolute atomic E-state index is 13.6. The van der Waals surface area contributed by atoms with E-state index in [4.69, 9.17) is 4.74 Å². The van der Waals surface area contributed by atoms with Gasteiger partial charge in [-0.2, -0.15) is 0 Å². The summed E-state index contributed by atoms with van der Waals surface area (Å²) in [4.78, 5) is 0. The van der Waals surface area contributed by atoms with Gasteiger partial charge in [-0.1, -0.05) is 43.0 Å². The van der Waals surface area contributed by atoms with Crippen LogP contribution in [-0.2, 0) is 0 Å². The molecule has 2 aromatic rings. The fourth-order valence-electron chi connectivity index (χ4n) is 1.77. The standard InChI is InChI=1S/C15H13FO/c1-3-11-6-4-5-7-13(11)12-8-9-15(17-2)14(16)10-12/h3-10H,1H2,2H3. The fraction of sp³-hybridized carbons (Fsp3) is 0.0667. The smallest absolute Gasteiger partial charge is 0.165 e. The van der Waals surface area contributed by atoms with E-state index in [2.05, 4.69) is 6.58 Å².